The van der Waals surface area contributed by atoms with Crippen LogP contribution < -0.4 is 5.32 Å². The van der Waals surface area contributed by atoms with Crippen LogP contribution in [0.15, 0.2) is 6.33 Å². The zero-order chi connectivity index (χ0) is 11.2. The van der Waals surface area contributed by atoms with Crippen molar-refractivity contribution in [3.63, 3.8) is 0 Å². The van der Waals surface area contributed by atoms with Crippen molar-refractivity contribution < 1.29 is 0 Å². The Morgan fingerprint density at radius 1 is 1.50 bits per heavy atom. The van der Waals surface area contributed by atoms with Crippen LogP contribution in [0.3, 0.4) is 0 Å². The quantitative estimate of drug-likeness (QED) is 0.800. The molecule has 0 aliphatic heterocycles. The van der Waals surface area contributed by atoms with E-state index in [0.29, 0.717) is 0 Å². The first-order chi connectivity index (χ1) is 7.88. The Labute approximate surface area is 97.2 Å². The van der Waals surface area contributed by atoms with E-state index in [9.17, 15) is 0 Å². The number of rotatable bonds is 5. The minimum Gasteiger partial charge on any atom is -0.314 e. The SMILES string of the molecule is CCC1CCCC(NCCc2ncn[nH]2)C1. The van der Waals surface area contributed by atoms with Crippen LogP contribution in [0.2, 0.25) is 0 Å². The van der Waals surface area contributed by atoms with Gasteiger partial charge in [-0.25, -0.2) is 4.98 Å². The van der Waals surface area contributed by atoms with Crippen LogP contribution in [0.25, 0.3) is 0 Å². The molecule has 2 rings (SSSR count). The van der Waals surface area contributed by atoms with Crippen molar-refractivity contribution in [2.75, 3.05) is 6.54 Å². The summed E-state index contributed by atoms with van der Waals surface area (Å²) in [5.74, 6) is 1.92. The molecule has 16 heavy (non-hydrogen) atoms. The number of nitrogens with one attached hydrogen (secondary N) is 2. The van der Waals surface area contributed by atoms with Crippen LogP contribution in [-0.4, -0.2) is 27.8 Å². The van der Waals surface area contributed by atoms with Crippen molar-refractivity contribution in [3.05, 3.63) is 12.2 Å². The van der Waals surface area contributed by atoms with Gasteiger partial charge in [-0.05, 0) is 18.8 Å². The van der Waals surface area contributed by atoms with E-state index in [1.165, 1.54) is 32.1 Å². The summed E-state index contributed by atoms with van der Waals surface area (Å²) < 4.78 is 0. The van der Waals surface area contributed by atoms with Crippen LogP contribution in [0, 0.1) is 5.92 Å². The van der Waals surface area contributed by atoms with Gasteiger partial charge >= 0.3 is 0 Å². The molecule has 90 valence electrons. The second-order valence-corrected chi connectivity index (χ2v) is 4.77. The highest BCUT2D eigenvalue weighted by molar-refractivity contribution is 4.83. The number of H-pyrrole nitrogens is 1. The summed E-state index contributed by atoms with van der Waals surface area (Å²) in [5.41, 5.74) is 0. The van der Waals surface area contributed by atoms with E-state index in [1.807, 2.05) is 0 Å². The maximum Gasteiger partial charge on any atom is 0.137 e. The van der Waals surface area contributed by atoms with Crippen molar-refractivity contribution in [1.29, 1.82) is 0 Å². The number of nitrogens with zero attached hydrogens (tertiary/aromatic N) is 2. The van der Waals surface area contributed by atoms with Crippen LogP contribution in [0.5, 0.6) is 0 Å². The lowest BCUT2D eigenvalue weighted by Gasteiger charge is -2.29. The molecule has 2 N–H and O–H groups in total. The predicted octanol–water partition coefficient (Wildman–Crippen LogP) is 1.91. The van der Waals surface area contributed by atoms with Gasteiger partial charge in [-0.3, -0.25) is 5.10 Å². The minimum atomic E-state index is 0.724. The summed E-state index contributed by atoms with van der Waals surface area (Å²) in [5, 5.41) is 10.4. The Hall–Kier alpha value is -0.900. The summed E-state index contributed by atoms with van der Waals surface area (Å²) in [6, 6.07) is 0.724. The largest absolute Gasteiger partial charge is 0.314 e. The highest BCUT2D eigenvalue weighted by Gasteiger charge is 2.19. The molecule has 1 aliphatic rings. The molecular weight excluding hydrogens is 200 g/mol. The maximum absolute atomic E-state index is 4.12. The van der Waals surface area contributed by atoms with E-state index in [0.717, 1.165) is 30.7 Å². The predicted molar refractivity (Wildman–Crippen MR) is 64.1 cm³/mol. The number of aromatic nitrogens is 3. The lowest BCUT2D eigenvalue weighted by molar-refractivity contribution is 0.280. The van der Waals surface area contributed by atoms with Crippen molar-refractivity contribution in [1.82, 2.24) is 20.5 Å². The average Bonchev–Trinajstić information content (AvgIpc) is 2.82. The molecule has 1 aliphatic carbocycles. The molecular formula is C12H22N4. The normalized spacial score (nSPS) is 25.8. The van der Waals surface area contributed by atoms with Crippen LogP contribution in [0.4, 0.5) is 0 Å². The third kappa shape index (κ3) is 3.30. The molecule has 4 heteroatoms. The van der Waals surface area contributed by atoms with Crippen molar-refractivity contribution in [3.8, 4) is 0 Å². The van der Waals surface area contributed by atoms with Gasteiger partial charge in [0.05, 0.1) is 0 Å². The standard InChI is InChI=1S/C12H22N4/c1-2-10-4-3-5-11(8-10)13-7-6-12-14-9-15-16-12/h9-11,13H,2-8H2,1H3,(H,14,15,16). The Kier molecular flexibility index (Phi) is 4.34. The summed E-state index contributed by atoms with van der Waals surface area (Å²) >= 11 is 0. The molecule has 0 spiro atoms. The Morgan fingerprint density at radius 3 is 3.19 bits per heavy atom. The van der Waals surface area contributed by atoms with Gasteiger partial charge in [0.25, 0.3) is 0 Å². The van der Waals surface area contributed by atoms with Gasteiger partial charge in [-0.15, -0.1) is 0 Å². The molecule has 0 aromatic carbocycles. The fourth-order valence-electron chi connectivity index (χ4n) is 2.59. The number of aromatic amines is 1. The van der Waals surface area contributed by atoms with Gasteiger partial charge in [0, 0.05) is 19.0 Å². The summed E-state index contributed by atoms with van der Waals surface area (Å²) in [6.45, 7) is 3.32. The maximum atomic E-state index is 4.12. The Balaban J connectivity index is 1.65. The minimum absolute atomic E-state index is 0.724. The first kappa shape index (κ1) is 11.6. The fraction of sp³-hybridized carbons (Fsp3) is 0.833. The molecule has 1 heterocycles. The number of hydrogen-bond acceptors (Lipinski definition) is 3. The van der Waals surface area contributed by atoms with Gasteiger partial charge in [0.1, 0.15) is 12.2 Å². The second-order valence-electron chi connectivity index (χ2n) is 4.77. The first-order valence-corrected chi connectivity index (χ1v) is 6.46. The molecule has 2 atom stereocenters. The molecule has 2 unspecified atom stereocenters. The highest BCUT2D eigenvalue weighted by Crippen LogP contribution is 2.26. The van der Waals surface area contributed by atoms with Crippen molar-refractivity contribution >= 4 is 0 Å². The zero-order valence-electron chi connectivity index (χ0n) is 10.1. The Bertz CT molecular complexity index is 283. The molecule has 1 aromatic heterocycles. The van der Waals surface area contributed by atoms with E-state index < -0.39 is 0 Å². The highest BCUT2D eigenvalue weighted by atomic mass is 15.2. The van der Waals surface area contributed by atoms with E-state index >= 15 is 0 Å². The first-order valence-electron chi connectivity index (χ1n) is 6.46. The van der Waals surface area contributed by atoms with Crippen molar-refractivity contribution in [2.24, 2.45) is 5.92 Å². The van der Waals surface area contributed by atoms with Gasteiger partial charge in [-0.2, -0.15) is 5.10 Å². The zero-order valence-corrected chi connectivity index (χ0v) is 10.1. The Morgan fingerprint density at radius 2 is 2.44 bits per heavy atom. The molecule has 4 nitrogen and oxygen atoms in total. The lowest BCUT2D eigenvalue weighted by Crippen LogP contribution is -2.35. The molecule has 1 fully saturated rings. The molecule has 0 bridgehead atoms. The molecule has 1 aromatic rings. The van der Waals surface area contributed by atoms with Crippen LogP contribution in [-0.2, 0) is 6.42 Å². The summed E-state index contributed by atoms with van der Waals surface area (Å²) in [4.78, 5) is 4.12. The second kappa shape index (κ2) is 5.99. The molecule has 0 radical (unpaired) electrons. The van der Waals surface area contributed by atoms with Crippen LogP contribution in [0.1, 0.15) is 44.9 Å². The summed E-state index contributed by atoms with van der Waals surface area (Å²) in [7, 11) is 0. The monoisotopic (exact) mass is 222 g/mol. The molecule has 1 saturated carbocycles. The van der Waals surface area contributed by atoms with Crippen LogP contribution >= 0.6 is 0 Å². The molecule has 0 saturated heterocycles. The fourth-order valence-corrected chi connectivity index (χ4v) is 2.59. The van der Waals surface area contributed by atoms with Gasteiger partial charge in [0.2, 0.25) is 0 Å². The molecule has 0 amide bonds. The third-order valence-electron chi connectivity index (χ3n) is 3.62. The average molecular weight is 222 g/mol. The van der Waals surface area contributed by atoms with Crippen molar-refractivity contribution in [2.45, 2.75) is 51.5 Å². The van der Waals surface area contributed by atoms with E-state index in [4.69, 9.17) is 0 Å². The van der Waals surface area contributed by atoms with E-state index in [1.54, 1.807) is 6.33 Å². The smallest absolute Gasteiger partial charge is 0.137 e. The topological polar surface area (TPSA) is 53.6 Å². The van der Waals surface area contributed by atoms with Gasteiger partial charge in [0.15, 0.2) is 0 Å². The van der Waals surface area contributed by atoms with E-state index in [2.05, 4.69) is 27.4 Å². The van der Waals surface area contributed by atoms with E-state index in [-0.39, 0.29) is 0 Å². The lowest BCUT2D eigenvalue weighted by atomic mass is 9.84. The third-order valence-corrected chi connectivity index (χ3v) is 3.62. The summed E-state index contributed by atoms with van der Waals surface area (Å²) in [6.07, 6.45) is 9.37. The van der Waals surface area contributed by atoms with Gasteiger partial charge in [-0.1, -0.05) is 26.2 Å². The number of hydrogen-bond donors (Lipinski definition) is 2. The van der Waals surface area contributed by atoms with Gasteiger partial charge < -0.3 is 5.32 Å².